The molecule has 0 unspecified atom stereocenters. The minimum absolute atomic E-state index is 0.237. The smallest absolute Gasteiger partial charge is 0.407 e. The summed E-state index contributed by atoms with van der Waals surface area (Å²) >= 11 is 0. The van der Waals surface area contributed by atoms with Gasteiger partial charge in [-0.05, 0) is 23.3 Å². The summed E-state index contributed by atoms with van der Waals surface area (Å²) in [6, 6.07) is 16.9. The van der Waals surface area contributed by atoms with Crippen LogP contribution in [0.4, 0.5) is 10.5 Å². The van der Waals surface area contributed by atoms with E-state index in [0.717, 1.165) is 11.1 Å². The summed E-state index contributed by atoms with van der Waals surface area (Å²) < 4.78 is 5.10. The van der Waals surface area contributed by atoms with Gasteiger partial charge in [-0.15, -0.1) is 0 Å². The Labute approximate surface area is 112 Å². The van der Waals surface area contributed by atoms with Gasteiger partial charge in [-0.1, -0.05) is 42.5 Å². The van der Waals surface area contributed by atoms with Gasteiger partial charge in [0.2, 0.25) is 0 Å². The maximum absolute atomic E-state index is 11.5. The Kier molecular flexibility index (Phi) is 4.39. The summed E-state index contributed by atoms with van der Waals surface area (Å²) in [4.78, 5) is 11.5. The van der Waals surface area contributed by atoms with Gasteiger partial charge in [0, 0.05) is 12.2 Å². The fraction of sp³-hybridized carbons (Fsp3) is 0.133. The molecular weight excluding hydrogens is 240 g/mol. The van der Waals surface area contributed by atoms with Crippen LogP contribution in [0.25, 0.3) is 0 Å². The molecule has 1 amide bonds. The number of carbonyl (C=O) groups excluding carboxylic acids is 1. The maximum atomic E-state index is 11.5. The topological polar surface area (TPSA) is 64.3 Å². The summed E-state index contributed by atoms with van der Waals surface area (Å²) in [5.74, 6) is 0. The molecule has 0 saturated carbocycles. The first-order valence-electron chi connectivity index (χ1n) is 6.03. The molecule has 19 heavy (non-hydrogen) atoms. The molecule has 0 heterocycles. The predicted molar refractivity (Wildman–Crippen MR) is 74.3 cm³/mol. The number of amides is 1. The Hall–Kier alpha value is -2.49. The van der Waals surface area contributed by atoms with E-state index in [1.165, 1.54) is 0 Å². The van der Waals surface area contributed by atoms with E-state index in [4.69, 9.17) is 10.5 Å². The fourth-order valence-electron chi connectivity index (χ4n) is 1.58. The number of ether oxygens (including phenoxy) is 1. The molecule has 0 spiro atoms. The SMILES string of the molecule is Nc1ccc(COC(=O)NCc2ccccc2)cc1. The number of carbonyl (C=O) groups is 1. The van der Waals surface area contributed by atoms with Crippen LogP contribution in [0.3, 0.4) is 0 Å². The Morgan fingerprint density at radius 2 is 1.68 bits per heavy atom. The Bertz CT molecular complexity index is 524. The third-order valence-electron chi connectivity index (χ3n) is 2.63. The molecule has 0 atom stereocenters. The Morgan fingerprint density at radius 3 is 2.37 bits per heavy atom. The highest BCUT2D eigenvalue weighted by Crippen LogP contribution is 2.06. The van der Waals surface area contributed by atoms with Crippen LogP contribution in [0, 0.1) is 0 Å². The van der Waals surface area contributed by atoms with Crippen LogP contribution in [-0.2, 0) is 17.9 Å². The quantitative estimate of drug-likeness (QED) is 0.827. The third-order valence-corrected chi connectivity index (χ3v) is 2.63. The Morgan fingerprint density at radius 1 is 1.00 bits per heavy atom. The van der Waals surface area contributed by atoms with E-state index >= 15 is 0 Å². The number of hydrogen-bond acceptors (Lipinski definition) is 3. The zero-order valence-corrected chi connectivity index (χ0v) is 10.5. The van der Waals surface area contributed by atoms with E-state index in [1.54, 1.807) is 12.1 Å². The largest absolute Gasteiger partial charge is 0.445 e. The van der Waals surface area contributed by atoms with Crippen LogP contribution in [-0.4, -0.2) is 6.09 Å². The summed E-state index contributed by atoms with van der Waals surface area (Å²) in [5.41, 5.74) is 8.21. The minimum atomic E-state index is -0.430. The molecule has 0 bridgehead atoms. The highest BCUT2D eigenvalue weighted by atomic mass is 16.5. The van der Waals surface area contributed by atoms with Crippen LogP contribution in [0.2, 0.25) is 0 Å². The predicted octanol–water partition coefficient (Wildman–Crippen LogP) is 2.70. The van der Waals surface area contributed by atoms with E-state index in [9.17, 15) is 4.79 Å². The number of nitrogens with two attached hydrogens (primary N) is 1. The van der Waals surface area contributed by atoms with Crippen molar-refractivity contribution in [3.8, 4) is 0 Å². The molecule has 4 nitrogen and oxygen atoms in total. The molecule has 4 heteroatoms. The van der Waals surface area contributed by atoms with E-state index in [2.05, 4.69) is 5.32 Å². The summed E-state index contributed by atoms with van der Waals surface area (Å²) in [6.45, 7) is 0.697. The lowest BCUT2D eigenvalue weighted by atomic mass is 10.2. The van der Waals surface area contributed by atoms with Crippen LogP contribution < -0.4 is 11.1 Å². The fourth-order valence-corrected chi connectivity index (χ4v) is 1.58. The summed E-state index contributed by atoms with van der Waals surface area (Å²) in [6.07, 6.45) is -0.430. The standard InChI is InChI=1S/C15H16N2O2/c16-14-8-6-13(7-9-14)11-19-15(18)17-10-12-4-2-1-3-5-12/h1-9H,10-11,16H2,(H,17,18). The van der Waals surface area contributed by atoms with Crippen molar-refractivity contribution in [3.05, 3.63) is 65.7 Å². The number of anilines is 1. The third kappa shape index (κ3) is 4.35. The first-order valence-corrected chi connectivity index (χ1v) is 6.03. The normalized spacial score (nSPS) is 9.89. The number of benzene rings is 2. The lowest BCUT2D eigenvalue weighted by molar-refractivity contribution is 0.139. The number of rotatable bonds is 4. The molecule has 0 aliphatic heterocycles. The van der Waals surface area contributed by atoms with Gasteiger partial charge in [-0.2, -0.15) is 0 Å². The van der Waals surface area contributed by atoms with Gasteiger partial charge in [-0.25, -0.2) is 4.79 Å². The highest BCUT2D eigenvalue weighted by Gasteiger charge is 2.02. The van der Waals surface area contributed by atoms with Gasteiger partial charge in [0.1, 0.15) is 6.61 Å². The number of hydrogen-bond donors (Lipinski definition) is 2. The first-order chi connectivity index (χ1) is 9.24. The molecule has 0 aliphatic rings. The second kappa shape index (κ2) is 6.44. The highest BCUT2D eigenvalue weighted by molar-refractivity contribution is 5.67. The molecule has 2 aromatic carbocycles. The number of alkyl carbamates (subject to hydrolysis) is 1. The van der Waals surface area contributed by atoms with E-state index in [-0.39, 0.29) is 6.61 Å². The molecule has 2 rings (SSSR count). The molecule has 3 N–H and O–H groups in total. The number of nitrogen functional groups attached to an aromatic ring is 1. The van der Waals surface area contributed by atoms with Crippen LogP contribution in [0.1, 0.15) is 11.1 Å². The molecule has 0 saturated heterocycles. The number of nitrogens with one attached hydrogen (secondary N) is 1. The average Bonchev–Trinajstić information content (AvgIpc) is 2.45. The van der Waals surface area contributed by atoms with Crippen LogP contribution in [0.15, 0.2) is 54.6 Å². The van der Waals surface area contributed by atoms with Gasteiger partial charge in [0.05, 0.1) is 0 Å². The van der Waals surface area contributed by atoms with Crippen molar-refractivity contribution >= 4 is 11.8 Å². The monoisotopic (exact) mass is 256 g/mol. The van der Waals surface area contributed by atoms with Gasteiger partial charge < -0.3 is 15.8 Å². The van der Waals surface area contributed by atoms with Crippen LogP contribution in [0.5, 0.6) is 0 Å². The second-order valence-corrected chi connectivity index (χ2v) is 4.16. The van der Waals surface area contributed by atoms with Crippen molar-refractivity contribution in [1.82, 2.24) is 5.32 Å². The molecule has 0 fully saturated rings. The van der Waals surface area contributed by atoms with Crippen molar-refractivity contribution in [3.63, 3.8) is 0 Å². The molecule has 0 aromatic heterocycles. The van der Waals surface area contributed by atoms with E-state index < -0.39 is 6.09 Å². The summed E-state index contributed by atoms with van der Waals surface area (Å²) in [7, 11) is 0. The molecular formula is C15H16N2O2. The van der Waals surface area contributed by atoms with Gasteiger partial charge in [0.25, 0.3) is 0 Å². The minimum Gasteiger partial charge on any atom is -0.445 e. The molecule has 98 valence electrons. The van der Waals surface area contributed by atoms with Crippen molar-refractivity contribution in [1.29, 1.82) is 0 Å². The second-order valence-electron chi connectivity index (χ2n) is 4.16. The lowest BCUT2D eigenvalue weighted by Gasteiger charge is -2.07. The lowest BCUT2D eigenvalue weighted by Crippen LogP contribution is -2.23. The van der Waals surface area contributed by atoms with E-state index in [1.807, 2.05) is 42.5 Å². The zero-order chi connectivity index (χ0) is 13.5. The molecule has 2 aromatic rings. The van der Waals surface area contributed by atoms with Crippen molar-refractivity contribution < 1.29 is 9.53 Å². The average molecular weight is 256 g/mol. The van der Waals surface area contributed by atoms with Gasteiger partial charge >= 0.3 is 6.09 Å². The maximum Gasteiger partial charge on any atom is 0.407 e. The van der Waals surface area contributed by atoms with Gasteiger partial charge in [-0.3, -0.25) is 0 Å². The van der Waals surface area contributed by atoms with Crippen LogP contribution >= 0.6 is 0 Å². The molecule has 0 radical (unpaired) electrons. The molecule has 0 aliphatic carbocycles. The summed E-state index contributed by atoms with van der Waals surface area (Å²) in [5, 5.41) is 2.69. The Balaban J connectivity index is 1.74. The van der Waals surface area contributed by atoms with E-state index in [0.29, 0.717) is 12.2 Å². The van der Waals surface area contributed by atoms with Crippen molar-refractivity contribution in [2.75, 3.05) is 5.73 Å². The first kappa shape index (κ1) is 13.0. The zero-order valence-electron chi connectivity index (χ0n) is 10.5. The van der Waals surface area contributed by atoms with Crippen molar-refractivity contribution in [2.24, 2.45) is 0 Å². The van der Waals surface area contributed by atoms with Crippen molar-refractivity contribution in [2.45, 2.75) is 13.2 Å². The van der Waals surface area contributed by atoms with Gasteiger partial charge in [0.15, 0.2) is 0 Å².